The molecule has 5 nitrogen and oxygen atoms in total. The zero-order valence-corrected chi connectivity index (χ0v) is 12.1. The van der Waals surface area contributed by atoms with Crippen LogP contribution in [-0.2, 0) is 4.79 Å². The molecule has 0 spiro atoms. The molecule has 2 heterocycles. The molecule has 0 saturated carbocycles. The van der Waals surface area contributed by atoms with Crippen molar-refractivity contribution in [3.63, 3.8) is 0 Å². The number of aliphatic carboxylic acids is 1. The highest BCUT2D eigenvalue weighted by molar-refractivity contribution is 7.99. The minimum atomic E-state index is -0.940. The highest BCUT2D eigenvalue weighted by Crippen LogP contribution is 2.23. The van der Waals surface area contributed by atoms with Gasteiger partial charge in [0, 0.05) is 23.6 Å². The lowest BCUT2D eigenvalue weighted by Crippen LogP contribution is -2.50. The van der Waals surface area contributed by atoms with Gasteiger partial charge in [-0.05, 0) is 18.2 Å². The van der Waals surface area contributed by atoms with Gasteiger partial charge in [0.2, 0.25) is 0 Å². The molecule has 1 aliphatic heterocycles. The average molecular weight is 308 g/mol. The number of hydrogen-bond acceptors (Lipinski definition) is 5. The quantitative estimate of drug-likeness (QED) is 0.918. The molecule has 1 aromatic carbocycles. The zero-order valence-electron chi connectivity index (χ0n) is 10.5. The van der Waals surface area contributed by atoms with Gasteiger partial charge in [0.15, 0.2) is 0 Å². The van der Waals surface area contributed by atoms with E-state index in [1.165, 1.54) is 16.2 Å². The maximum Gasteiger partial charge on any atom is 0.327 e. The zero-order chi connectivity index (χ0) is 14.1. The first-order chi connectivity index (χ1) is 9.66. The predicted molar refractivity (Wildman–Crippen MR) is 79.4 cm³/mol. The molecule has 1 amide bonds. The maximum atomic E-state index is 12.5. The van der Waals surface area contributed by atoms with Gasteiger partial charge in [-0.1, -0.05) is 0 Å². The molecule has 1 fully saturated rings. The number of carboxylic acids is 1. The molecule has 1 N–H and O–H groups in total. The van der Waals surface area contributed by atoms with E-state index in [0.29, 0.717) is 17.9 Å². The topological polar surface area (TPSA) is 70.5 Å². The molecule has 1 saturated heterocycles. The number of hydrogen-bond donors (Lipinski definition) is 1. The molecule has 1 aromatic heterocycles. The predicted octanol–water partition coefficient (Wildman–Crippen LogP) is 1.94. The van der Waals surface area contributed by atoms with Crippen molar-refractivity contribution in [2.45, 2.75) is 6.04 Å². The lowest BCUT2D eigenvalue weighted by Gasteiger charge is -2.32. The van der Waals surface area contributed by atoms with E-state index in [1.54, 1.807) is 35.5 Å². The summed E-state index contributed by atoms with van der Waals surface area (Å²) >= 11 is 3.04. The number of carbonyl (C=O) groups is 2. The largest absolute Gasteiger partial charge is 0.480 e. The van der Waals surface area contributed by atoms with Crippen LogP contribution in [0.1, 0.15) is 10.4 Å². The fourth-order valence-electron chi connectivity index (χ4n) is 2.21. The number of aromatic nitrogens is 1. The summed E-state index contributed by atoms with van der Waals surface area (Å²) < 4.78 is 0.939. The summed E-state index contributed by atoms with van der Waals surface area (Å²) in [6, 6.07) is 4.56. The summed E-state index contributed by atoms with van der Waals surface area (Å²) in [6.45, 7) is 0.473. The van der Waals surface area contributed by atoms with Crippen molar-refractivity contribution in [2.75, 3.05) is 18.1 Å². The summed E-state index contributed by atoms with van der Waals surface area (Å²) in [5, 5.41) is 9.23. The maximum absolute atomic E-state index is 12.5. The fourth-order valence-corrected chi connectivity index (χ4v) is 3.96. The Morgan fingerprint density at radius 2 is 2.25 bits per heavy atom. The Bertz CT molecular complexity index is 670. The van der Waals surface area contributed by atoms with Gasteiger partial charge in [-0.3, -0.25) is 4.79 Å². The van der Waals surface area contributed by atoms with E-state index in [4.69, 9.17) is 0 Å². The minimum Gasteiger partial charge on any atom is -0.480 e. The Labute approximate surface area is 123 Å². The Morgan fingerprint density at radius 3 is 3.05 bits per heavy atom. The summed E-state index contributed by atoms with van der Waals surface area (Å²) in [6.07, 6.45) is 0. The molecule has 7 heteroatoms. The van der Waals surface area contributed by atoms with E-state index in [1.807, 2.05) is 0 Å². The number of nitrogens with zero attached hydrogens (tertiary/aromatic N) is 2. The van der Waals surface area contributed by atoms with Crippen LogP contribution in [0.25, 0.3) is 10.2 Å². The molecule has 0 bridgehead atoms. The van der Waals surface area contributed by atoms with Gasteiger partial charge >= 0.3 is 5.97 Å². The first-order valence-corrected chi connectivity index (χ1v) is 8.15. The SMILES string of the molecule is O=C(O)C1CSCCN1C(=O)c1ccc2ncsc2c1. The van der Waals surface area contributed by atoms with Gasteiger partial charge in [-0.15, -0.1) is 11.3 Å². The molecular formula is C13H12N2O3S2. The highest BCUT2D eigenvalue weighted by atomic mass is 32.2. The third kappa shape index (κ3) is 2.38. The van der Waals surface area contributed by atoms with E-state index >= 15 is 0 Å². The van der Waals surface area contributed by atoms with Crippen LogP contribution in [0.15, 0.2) is 23.7 Å². The average Bonchev–Trinajstić information content (AvgIpc) is 2.93. The minimum absolute atomic E-state index is 0.215. The second-order valence-electron chi connectivity index (χ2n) is 4.46. The molecule has 0 aliphatic carbocycles. The number of thioether (sulfide) groups is 1. The molecule has 1 aliphatic rings. The fraction of sp³-hybridized carbons (Fsp3) is 0.308. The number of rotatable bonds is 2. The van der Waals surface area contributed by atoms with Crippen molar-refractivity contribution in [2.24, 2.45) is 0 Å². The molecule has 104 valence electrons. The number of carbonyl (C=O) groups excluding carboxylic acids is 1. The van der Waals surface area contributed by atoms with Crippen LogP contribution in [0.2, 0.25) is 0 Å². The van der Waals surface area contributed by atoms with Crippen LogP contribution in [-0.4, -0.2) is 51.0 Å². The monoisotopic (exact) mass is 308 g/mol. The van der Waals surface area contributed by atoms with Gasteiger partial charge in [0.1, 0.15) is 6.04 Å². The van der Waals surface area contributed by atoms with E-state index in [-0.39, 0.29) is 5.91 Å². The number of fused-ring (bicyclic) bond motifs is 1. The Balaban J connectivity index is 1.91. The van der Waals surface area contributed by atoms with Crippen molar-refractivity contribution < 1.29 is 14.7 Å². The summed E-state index contributed by atoms with van der Waals surface area (Å²) in [4.78, 5) is 29.4. The van der Waals surface area contributed by atoms with Gasteiger partial charge in [0.25, 0.3) is 5.91 Å². The van der Waals surface area contributed by atoms with Crippen LogP contribution in [0, 0.1) is 0 Å². The first kappa shape index (κ1) is 13.4. The first-order valence-electron chi connectivity index (χ1n) is 6.11. The summed E-state index contributed by atoms with van der Waals surface area (Å²) in [7, 11) is 0. The molecular weight excluding hydrogens is 296 g/mol. The van der Waals surface area contributed by atoms with E-state index in [2.05, 4.69) is 4.98 Å². The van der Waals surface area contributed by atoms with Gasteiger partial charge in [-0.2, -0.15) is 11.8 Å². The molecule has 3 rings (SSSR count). The van der Waals surface area contributed by atoms with Crippen LogP contribution < -0.4 is 0 Å². The smallest absolute Gasteiger partial charge is 0.327 e. The lowest BCUT2D eigenvalue weighted by atomic mass is 10.1. The summed E-state index contributed by atoms with van der Waals surface area (Å²) in [5.41, 5.74) is 3.12. The van der Waals surface area contributed by atoms with Crippen molar-refractivity contribution in [1.82, 2.24) is 9.88 Å². The Hall–Kier alpha value is -1.60. The van der Waals surface area contributed by atoms with E-state index in [9.17, 15) is 14.7 Å². The molecule has 20 heavy (non-hydrogen) atoms. The Kier molecular flexibility index (Phi) is 3.62. The van der Waals surface area contributed by atoms with Crippen LogP contribution >= 0.6 is 23.1 Å². The number of amides is 1. The van der Waals surface area contributed by atoms with Gasteiger partial charge in [-0.25, -0.2) is 9.78 Å². The van der Waals surface area contributed by atoms with E-state index < -0.39 is 12.0 Å². The third-order valence-corrected chi connectivity index (χ3v) is 5.07. The molecule has 2 aromatic rings. The normalized spacial score (nSPS) is 19.2. The van der Waals surface area contributed by atoms with Crippen molar-refractivity contribution >= 4 is 45.2 Å². The second-order valence-corrected chi connectivity index (χ2v) is 6.50. The number of carboxylic acid groups (broad SMARTS) is 1. The van der Waals surface area contributed by atoms with Gasteiger partial charge < -0.3 is 10.0 Å². The lowest BCUT2D eigenvalue weighted by molar-refractivity contribution is -0.141. The van der Waals surface area contributed by atoms with Crippen molar-refractivity contribution in [3.05, 3.63) is 29.3 Å². The number of benzene rings is 1. The van der Waals surface area contributed by atoms with Crippen LogP contribution in [0.5, 0.6) is 0 Å². The van der Waals surface area contributed by atoms with Crippen molar-refractivity contribution in [1.29, 1.82) is 0 Å². The van der Waals surface area contributed by atoms with E-state index in [0.717, 1.165) is 16.0 Å². The van der Waals surface area contributed by atoms with Crippen LogP contribution in [0.4, 0.5) is 0 Å². The molecule has 1 unspecified atom stereocenters. The highest BCUT2D eigenvalue weighted by Gasteiger charge is 2.32. The second kappa shape index (κ2) is 5.41. The van der Waals surface area contributed by atoms with Crippen molar-refractivity contribution in [3.8, 4) is 0 Å². The molecule has 0 radical (unpaired) electrons. The van der Waals surface area contributed by atoms with Gasteiger partial charge in [0.05, 0.1) is 15.7 Å². The van der Waals surface area contributed by atoms with Crippen LogP contribution in [0.3, 0.4) is 0 Å². The third-order valence-electron chi connectivity index (χ3n) is 3.25. The summed E-state index contributed by atoms with van der Waals surface area (Å²) in [5.74, 6) is 0.0692. The standard InChI is InChI=1S/C13H12N2O3S2/c16-12(15-3-4-19-6-10(15)13(17)18)8-1-2-9-11(5-8)20-7-14-9/h1-2,5,7,10H,3-4,6H2,(H,17,18). The Morgan fingerprint density at radius 1 is 1.40 bits per heavy atom. The number of thiazole rings is 1. The molecule has 1 atom stereocenters.